The van der Waals surface area contributed by atoms with Gasteiger partial charge in [-0.25, -0.2) is 0 Å². The van der Waals surface area contributed by atoms with Crippen molar-refractivity contribution in [1.29, 1.82) is 0 Å². The molecule has 2 aliphatic rings. The molecule has 1 saturated heterocycles. The van der Waals surface area contributed by atoms with Gasteiger partial charge in [-0.2, -0.15) is 0 Å². The van der Waals surface area contributed by atoms with E-state index < -0.39 is 6.10 Å². The average molecular weight is 319 g/mol. The minimum Gasteiger partial charge on any atom is -0.479 e. The molecule has 1 aromatic carbocycles. The van der Waals surface area contributed by atoms with Crippen LogP contribution in [0.25, 0.3) is 0 Å². The van der Waals surface area contributed by atoms with E-state index in [-0.39, 0.29) is 17.9 Å². The standard InChI is InChI=1S/C16H21N3O4/c1-10(16(21)19-5-7-22-8-6-19)17-12-3-4-14-13(9-12)18-15(20)11(2)23-14/h3-4,9-11,17H,5-8H2,1-2H3,(H,18,20)/t10-,11-/m0/s1. The summed E-state index contributed by atoms with van der Waals surface area (Å²) < 4.78 is 10.8. The Morgan fingerprint density at radius 2 is 2.13 bits per heavy atom. The monoisotopic (exact) mass is 319 g/mol. The van der Waals surface area contributed by atoms with Crippen molar-refractivity contribution in [3.63, 3.8) is 0 Å². The van der Waals surface area contributed by atoms with Crippen LogP contribution in [0.15, 0.2) is 18.2 Å². The minimum absolute atomic E-state index is 0.0416. The number of nitrogens with zero attached hydrogens (tertiary/aromatic N) is 1. The van der Waals surface area contributed by atoms with Crippen molar-refractivity contribution < 1.29 is 19.1 Å². The van der Waals surface area contributed by atoms with E-state index in [2.05, 4.69) is 10.6 Å². The number of morpholine rings is 1. The Kier molecular flexibility index (Phi) is 4.38. The van der Waals surface area contributed by atoms with Gasteiger partial charge < -0.3 is 25.0 Å². The molecule has 0 aromatic heterocycles. The van der Waals surface area contributed by atoms with Gasteiger partial charge in [0.25, 0.3) is 5.91 Å². The Labute approximate surface area is 134 Å². The predicted octanol–water partition coefficient (Wildman–Crippen LogP) is 1.07. The molecule has 1 aromatic rings. The summed E-state index contributed by atoms with van der Waals surface area (Å²) in [4.78, 5) is 25.9. The zero-order valence-electron chi connectivity index (χ0n) is 13.3. The Hall–Kier alpha value is -2.28. The average Bonchev–Trinajstić information content (AvgIpc) is 2.56. The molecule has 2 atom stereocenters. The summed E-state index contributed by atoms with van der Waals surface area (Å²) >= 11 is 0. The number of hydrogen-bond acceptors (Lipinski definition) is 5. The van der Waals surface area contributed by atoms with E-state index >= 15 is 0 Å². The number of anilines is 2. The van der Waals surface area contributed by atoms with Crippen LogP contribution in [0.3, 0.4) is 0 Å². The van der Waals surface area contributed by atoms with Crippen molar-refractivity contribution in [2.75, 3.05) is 36.9 Å². The lowest BCUT2D eigenvalue weighted by Gasteiger charge is -2.30. The number of amides is 2. The Bertz CT molecular complexity index is 613. The molecular weight excluding hydrogens is 298 g/mol. The zero-order chi connectivity index (χ0) is 16.4. The fourth-order valence-corrected chi connectivity index (χ4v) is 2.67. The van der Waals surface area contributed by atoms with Crippen LogP contribution < -0.4 is 15.4 Å². The van der Waals surface area contributed by atoms with Gasteiger partial charge in [0.2, 0.25) is 5.91 Å². The summed E-state index contributed by atoms with van der Waals surface area (Å²) in [6.45, 7) is 5.94. The molecule has 0 bridgehead atoms. The van der Waals surface area contributed by atoms with Crippen molar-refractivity contribution in [2.24, 2.45) is 0 Å². The van der Waals surface area contributed by atoms with Crippen LogP contribution >= 0.6 is 0 Å². The molecule has 3 rings (SSSR count). The van der Waals surface area contributed by atoms with Crippen LogP contribution in [-0.2, 0) is 14.3 Å². The number of ether oxygens (including phenoxy) is 2. The molecule has 0 unspecified atom stereocenters. The summed E-state index contributed by atoms with van der Waals surface area (Å²) in [5.74, 6) is 0.502. The first kappa shape index (κ1) is 15.6. The van der Waals surface area contributed by atoms with Gasteiger partial charge in [0.15, 0.2) is 6.10 Å². The van der Waals surface area contributed by atoms with Crippen LogP contribution in [0.1, 0.15) is 13.8 Å². The molecule has 124 valence electrons. The molecule has 2 aliphatic heterocycles. The third-order valence-electron chi connectivity index (χ3n) is 3.99. The van der Waals surface area contributed by atoms with Crippen molar-refractivity contribution in [3.8, 4) is 5.75 Å². The molecule has 0 saturated carbocycles. The Morgan fingerprint density at radius 1 is 1.39 bits per heavy atom. The zero-order valence-corrected chi connectivity index (χ0v) is 13.3. The number of hydrogen-bond donors (Lipinski definition) is 2. The molecule has 0 radical (unpaired) electrons. The second kappa shape index (κ2) is 6.45. The maximum absolute atomic E-state index is 12.4. The molecular formula is C16H21N3O4. The van der Waals surface area contributed by atoms with Gasteiger partial charge in [0.05, 0.1) is 18.9 Å². The van der Waals surface area contributed by atoms with E-state index in [1.807, 2.05) is 13.0 Å². The van der Waals surface area contributed by atoms with Crippen LogP contribution in [0.2, 0.25) is 0 Å². The fourth-order valence-electron chi connectivity index (χ4n) is 2.67. The molecule has 23 heavy (non-hydrogen) atoms. The van der Waals surface area contributed by atoms with Crippen molar-refractivity contribution in [1.82, 2.24) is 4.90 Å². The number of benzene rings is 1. The maximum atomic E-state index is 12.4. The summed E-state index contributed by atoms with van der Waals surface area (Å²) in [5.41, 5.74) is 1.38. The second-order valence-electron chi connectivity index (χ2n) is 5.76. The normalized spacial score (nSPS) is 21.7. The minimum atomic E-state index is -0.497. The highest BCUT2D eigenvalue weighted by atomic mass is 16.5. The van der Waals surface area contributed by atoms with Gasteiger partial charge in [-0.05, 0) is 32.0 Å². The molecule has 1 fully saturated rings. The first-order valence-electron chi connectivity index (χ1n) is 7.79. The highest BCUT2D eigenvalue weighted by Crippen LogP contribution is 2.32. The summed E-state index contributed by atoms with van der Waals surface area (Å²) in [5, 5.41) is 5.98. The topological polar surface area (TPSA) is 79.9 Å². The van der Waals surface area contributed by atoms with Crippen LogP contribution in [0, 0.1) is 0 Å². The van der Waals surface area contributed by atoms with Gasteiger partial charge in [-0.3, -0.25) is 9.59 Å². The van der Waals surface area contributed by atoms with Gasteiger partial charge in [0.1, 0.15) is 11.8 Å². The SMILES string of the molecule is C[C@H](Nc1ccc2c(c1)NC(=O)[C@H](C)O2)C(=O)N1CCOCC1. The van der Waals surface area contributed by atoms with Crippen LogP contribution in [0.5, 0.6) is 5.75 Å². The lowest BCUT2D eigenvalue weighted by molar-refractivity contribution is -0.135. The first-order valence-corrected chi connectivity index (χ1v) is 7.79. The van der Waals surface area contributed by atoms with E-state index in [1.165, 1.54) is 0 Å². The Balaban J connectivity index is 1.67. The molecule has 7 nitrogen and oxygen atoms in total. The lowest BCUT2D eigenvalue weighted by atomic mass is 10.2. The molecule has 2 amide bonds. The van der Waals surface area contributed by atoms with E-state index in [0.29, 0.717) is 37.7 Å². The van der Waals surface area contributed by atoms with E-state index in [0.717, 1.165) is 5.69 Å². The van der Waals surface area contributed by atoms with Crippen LogP contribution in [-0.4, -0.2) is 55.2 Å². The quantitative estimate of drug-likeness (QED) is 0.871. The molecule has 2 N–H and O–H groups in total. The summed E-state index contributed by atoms with van der Waals surface area (Å²) in [6, 6.07) is 5.05. The molecule has 7 heteroatoms. The Morgan fingerprint density at radius 3 is 2.87 bits per heavy atom. The van der Waals surface area contributed by atoms with Crippen molar-refractivity contribution in [2.45, 2.75) is 26.0 Å². The maximum Gasteiger partial charge on any atom is 0.265 e. The highest BCUT2D eigenvalue weighted by molar-refractivity contribution is 5.98. The highest BCUT2D eigenvalue weighted by Gasteiger charge is 2.25. The number of rotatable bonds is 3. The van der Waals surface area contributed by atoms with Gasteiger partial charge >= 0.3 is 0 Å². The third kappa shape index (κ3) is 3.39. The van der Waals surface area contributed by atoms with Crippen LogP contribution in [0.4, 0.5) is 11.4 Å². The smallest absolute Gasteiger partial charge is 0.265 e. The number of carbonyl (C=O) groups is 2. The number of carbonyl (C=O) groups excluding carboxylic acids is 2. The lowest BCUT2D eigenvalue weighted by Crippen LogP contribution is -2.47. The summed E-state index contributed by atoms with van der Waals surface area (Å²) in [7, 11) is 0. The van der Waals surface area contributed by atoms with E-state index in [9.17, 15) is 9.59 Å². The number of nitrogens with one attached hydrogen (secondary N) is 2. The first-order chi connectivity index (χ1) is 11.0. The van der Waals surface area contributed by atoms with Gasteiger partial charge in [0, 0.05) is 18.8 Å². The van der Waals surface area contributed by atoms with Gasteiger partial charge in [-0.15, -0.1) is 0 Å². The predicted molar refractivity (Wildman–Crippen MR) is 85.6 cm³/mol. The van der Waals surface area contributed by atoms with Crippen molar-refractivity contribution >= 4 is 23.2 Å². The summed E-state index contributed by atoms with van der Waals surface area (Å²) in [6.07, 6.45) is -0.497. The van der Waals surface area contributed by atoms with Gasteiger partial charge in [-0.1, -0.05) is 0 Å². The van der Waals surface area contributed by atoms with E-state index in [1.54, 1.807) is 24.0 Å². The molecule has 2 heterocycles. The third-order valence-corrected chi connectivity index (χ3v) is 3.99. The van der Waals surface area contributed by atoms with Crippen molar-refractivity contribution in [3.05, 3.63) is 18.2 Å². The number of fused-ring (bicyclic) bond motifs is 1. The second-order valence-corrected chi connectivity index (χ2v) is 5.76. The molecule has 0 aliphatic carbocycles. The largest absolute Gasteiger partial charge is 0.479 e. The van der Waals surface area contributed by atoms with E-state index in [4.69, 9.17) is 9.47 Å². The fraction of sp³-hybridized carbons (Fsp3) is 0.500. The molecule has 0 spiro atoms.